The van der Waals surface area contributed by atoms with Crippen LogP contribution in [-0.4, -0.2) is 56.3 Å². The highest BCUT2D eigenvalue weighted by molar-refractivity contribution is 14.0. The Kier molecular flexibility index (Phi) is 8.79. The van der Waals surface area contributed by atoms with Crippen molar-refractivity contribution >= 4 is 29.9 Å². The van der Waals surface area contributed by atoms with Gasteiger partial charge in [-0.3, -0.25) is 4.99 Å². The van der Waals surface area contributed by atoms with E-state index in [4.69, 9.17) is 10.5 Å². The Hall–Kier alpha value is -0.0800. The third-order valence-corrected chi connectivity index (χ3v) is 4.01. The van der Waals surface area contributed by atoms with Crippen LogP contribution in [0.15, 0.2) is 4.99 Å². The fraction of sp³-hybridized carbons (Fsp3) is 0.929. The molecule has 0 spiro atoms. The van der Waals surface area contributed by atoms with Crippen LogP contribution >= 0.6 is 24.0 Å². The molecule has 1 aliphatic heterocycles. The van der Waals surface area contributed by atoms with E-state index in [1.165, 1.54) is 38.5 Å². The molecule has 3 N–H and O–H groups in total. The van der Waals surface area contributed by atoms with Crippen LogP contribution in [0.2, 0.25) is 0 Å². The van der Waals surface area contributed by atoms with Crippen molar-refractivity contribution in [3.63, 3.8) is 0 Å². The van der Waals surface area contributed by atoms with Crippen LogP contribution in [0.3, 0.4) is 0 Å². The Morgan fingerprint density at radius 2 is 2.00 bits per heavy atom. The first-order chi connectivity index (χ1) is 9.24. The quantitative estimate of drug-likeness (QED) is 0.329. The van der Waals surface area contributed by atoms with Gasteiger partial charge in [0.15, 0.2) is 5.96 Å². The van der Waals surface area contributed by atoms with E-state index >= 15 is 0 Å². The van der Waals surface area contributed by atoms with Gasteiger partial charge in [-0.25, -0.2) is 0 Å². The second-order valence-corrected chi connectivity index (χ2v) is 5.81. The van der Waals surface area contributed by atoms with Gasteiger partial charge in [0.25, 0.3) is 0 Å². The molecule has 5 nitrogen and oxygen atoms in total. The number of nitrogens with one attached hydrogen (secondary N) is 1. The minimum atomic E-state index is 0. The summed E-state index contributed by atoms with van der Waals surface area (Å²) >= 11 is 0. The molecule has 1 saturated carbocycles. The van der Waals surface area contributed by atoms with E-state index < -0.39 is 0 Å². The summed E-state index contributed by atoms with van der Waals surface area (Å²) in [4.78, 5) is 6.72. The van der Waals surface area contributed by atoms with Gasteiger partial charge in [-0.05, 0) is 19.9 Å². The number of hydrogen-bond donors (Lipinski definition) is 2. The van der Waals surface area contributed by atoms with Gasteiger partial charge in [-0.1, -0.05) is 25.7 Å². The zero-order chi connectivity index (χ0) is 13.5. The summed E-state index contributed by atoms with van der Waals surface area (Å²) in [6, 6.07) is 0.515. The Bertz CT molecular complexity index is 293. The topological polar surface area (TPSA) is 62.9 Å². The van der Waals surface area contributed by atoms with Crippen molar-refractivity contribution in [3.05, 3.63) is 0 Å². The normalized spacial score (nSPS) is 26.6. The Morgan fingerprint density at radius 1 is 1.30 bits per heavy atom. The van der Waals surface area contributed by atoms with Gasteiger partial charge in [-0.2, -0.15) is 0 Å². The van der Waals surface area contributed by atoms with Crippen molar-refractivity contribution < 1.29 is 4.74 Å². The largest absolute Gasteiger partial charge is 0.374 e. The second kappa shape index (κ2) is 9.78. The first-order valence-electron chi connectivity index (χ1n) is 7.60. The summed E-state index contributed by atoms with van der Waals surface area (Å²) in [5, 5.41) is 3.37. The molecule has 118 valence electrons. The third kappa shape index (κ3) is 6.58. The third-order valence-electron chi connectivity index (χ3n) is 4.01. The predicted molar refractivity (Wildman–Crippen MR) is 93.8 cm³/mol. The van der Waals surface area contributed by atoms with Crippen LogP contribution in [0.4, 0.5) is 0 Å². The molecule has 2 aliphatic rings. The average molecular weight is 396 g/mol. The maximum atomic E-state index is 5.98. The molecule has 2 rings (SSSR count). The lowest BCUT2D eigenvalue weighted by molar-refractivity contribution is -0.0136. The SMILES string of the molecule is CN1CCOC(CN=C(N)NC2CCCCCC2)C1.I. The maximum Gasteiger partial charge on any atom is 0.188 e. The maximum absolute atomic E-state index is 5.98. The van der Waals surface area contributed by atoms with Gasteiger partial charge in [-0.15, -0.1) is 24.0 Å². The van der Waals surface area contributed by atoms with E-state index in [1.807, 2.05) is 0 Å². The number of nitrogens with two attached hydrogens (primary N) is 1. The Labute approximate surface area is 139 Å². The number of likely N-dealkylation sites (N-methyl/N-ethyl adjacent to an activating group) is 1. The van der Waals surface area contributed by atoms with Crippen LogP contribution in [0.25, 0.3) is 0 Å². The number of ether oxygens (including phenoxy) is 1. The van der Waals surface area contributed by atoms with Gasteiger partial charge in [0.05, 0.1) is 19.3 Å². The molecule has 6 heteroatoms. The number of nitrogens with zero attached hydrogens (tertiary/aromatic N) is 2. The van der Waals surface area contributed by atoms with Crippen LogP contribution in [0, 0.1) is 0 Å². The first kappa shape index (κ1) is 18.0. The van der Waals surface area contributed by atoms with Crippen molar-refractivity contribution in [1.82, 2.24) is 10.2 Å². The summed E-state index contributed by atoms with van der Waals surface area (Å²) in [6.45, 7) is 3.42. The number of hydrogen-bond acceptors (Lipinski definition) is 3. The van der Waals surface area contributed by atoms with Crippen molar-refractivity contribution in [2.24, 2.45) is 10.7 Å². The molecule has 0 amide bonds. The summed E-state index contributed by atoms with van der Waals surface area (Å²) in [5.41, 5.74) is 5.98. The minimum absolute atomic E-state index is 0. The Morgan fingerprint density at radius 3 is 2.65 bits per heavy atom. The highest BCUT2D eigenvalue weighted by atomic mass is 127. The smallest absolute Gasteiger partial charge is 0.188 e. The van der Waals surface area contributed by atoms with Crippen LogP contribution in [-0.2, 0) is 4.74 Å². The molecule has 2 fully saturated rings. The summed E-state index contributed by atoms with van der Waals surface area (Å²) < 4.78 is 5.68. The number of aliphatic imine (C=N–C) groups is 1. The lowest BCUT2D eigenvalue weighted by Gasteiger charge is -2.29. The highest BCUT2D eigenvalue weighted by Gasteiger charge is 2.17. The molecule has 0 radical (unpaired) electrons. The number of guanidine groups is 1. The lowest BCUT2D eigenvalue weighted by Crippen LogP contribution is -2.43. The van der Waals surface area contributed by atoms with Crippen molar-refractivity contribution in [2.45, 2.75) is 50.7 Å². The fourth-order valence-electron chi connectivity index (χ4n) is 2.86. The van der Waals surface area contributed by atoms with Crippen molar-refractivity contribution in [3.8, 4) is 0 Å². The molecule has 1 heterocycles. The molecule has 0 bridgehead atoms. The molecular formula is C14H29IN4O. The van der Waals surface area contributed by atoms with Gasteiger partial charge in [0, 0.05) is 19.1 Å². The standard InChI is InChI=1S/C14H28N4O.HI/c1-18-8-9-19-13(11-18)10-16-14(15)17-12-6-4-2-3-5-7-12;/h12-13H,2-11H2,1H3,(H3,15,16,17);1H. The molecule has 1 aliphatic carbocycles. The molecule has 1 saturated heterocycles. The molecular weight excluding hydrogens is 367 g/mol. The summed E-state index contributed by atoms with van der Waals surface area (Å²) in [6.07, 6.45) is 7.96. The van der Waals surface area contributed by atoms with Crippen molar-refractivity contribution in [1.29, 1.82) is 0 Å². The monoisotopic (exact) mass is 396 g/mol. The Balaban J connectivity index is 0.00000200. The molecule has 1 unspecified atom stereocenters. The average Bonchev–Trinajstić information content (AvgIpc) is 2.65. The fourth-order valence-corrected chi connectivity index (χ4v) is 2.86. The second-order valence-electron chi connectivity index (χ2n) is 5.81. The van der Waals surface area contributed by atoms with Crippen LogP contribution in [0.1, 0.15) is 38.5 Å². The summed E-state index contributed by atoms with van der Waals surface area (Å²) in [5.74, 6) is 0.587. The summed E-state index contributed by atoms with van der Waals surface area (Å²) in [7, 11) is 2.12. The minimum Gasteiger partial charge on any atom is -0.374 e. The molecule has 0 aromatic carbocycles. The number of halogens is 1. The highest BCUT2D eigenvalue weighted by Crippen LogP contribution is 2.16. The zero-order valence-corrected chi connectivity index (χ0v) is 14.8. The van der Waals surface area contributed by atoms with E-state index in [-0.39, 0.29) is 30.1 Å². The zero-order valence-electron chi connectivity index (χ0n) is 12.5. The van der Waals surface area contributed by atoms with E-state index in [2.05, 4.69) is 22.3 Å². The van der Waals surface area contributed by atoms with E-state index in [9.17, 15) is 0 Å². The molecule has 0 aromatic heterocycles. The van der Waals surface area contributed by atoms with Gasteiger partial charge >= 0.3 is 0 Å². The van der Waals surface area contributed by atoms with Crippen molar-refractivity contribution in [2.75, 3.05) is 33.3 Å². The van der Waals surface area contributed by atoms with E-state index in [0.29, 0.717) is 18.5 Å². The van der Waals surface area contributed by atoms with E-state index in [0.717, 1.165) is 19.7 Å². The van der Waals surface area contributed by atoms with E-state index in [1.54, 1.807) is 0 Å². The van der Waals surface area contributed by atoms with Crippen LogP contribution in [0.5, 0.6) is 0 Å². The first-order valence-corrected chi connectivity index (χ1v) is 7.60. The van der Waals surface area contributed by atoms with Gasteiger partial charge < -0.3 is 20.7 Å². The molecule has 20 heavy (non-hydrogen) atoms. The number of rotatable bonds is 3. The molecule has 1 atom stereocenters. The lowest BCUT2D eigenvalue weighted by atomic mass is 10.1. The van der Waals surface area contributed by atoms with Gasteiger partial charge in [0.2, 0.25) is 0 Å². The number of morpholine rings is 1. The van der Waals surface area contributed by atoms with Crippen LogP contribution < -0.4 is 11.1 Å². The van der Waals surface area contributed by atoms with Gasteiger partial charge in [0.1, 0.15) is 0 Å². The molecule has 0 aromatic rings. The predicted octanol–water partition coefficient (Wildman–Crippen LogP) is 1.56.